The fourth-order valence-corrected chi connectivity index (χ4v) is 1.68. The van der Waals surface area contributed by atoms with Gasteiger partial charge in [0.25, 0.3) is 0 Å². The molecule has 1 aromatic heterocycles. The first kappa shape index (κ1) is 13.5. The zero-order valence-corrected chi connectivity index (χ0v) is 10.8. The Hall–Kier alpha value is -1.95. The molecule has 0 saturated heterocycles. The van der Waals surface area contributed by atoms with Gasteiger partial charge in [-0.25, -0.2) is 4.79 Å². The molecule has 0 spiro atoms. The summed E-state index contributed by atoms with van der Waals surface area (Å²) in [6.07, 6.45) is 3.74. The SMILES string of the molecule is COC(=O)c1cccnc1CNCC(=O)NC1CC1. The monoisotopic (exact) mass is 263 g/mol. The van der Waals surface area contributed by atoms with E-state index >= 15 is 0 Å². The maximum atomic E-state index is 11.5. The first-order chi connectivity index (χ1) is 9.20. The van der Waals surface area contributed by atoms with E-state index < -0.39 is 5.97 Å². The summed E-state index contributed by atoms with van der Waals surface area (Å²) in [5.41, 5.74) is 0.994. The summed E-state index contributed by atoms with van der Waals surface area (Å²) in [5.74, 6) is -0.453. The van der Waals surface area contributed by atoms with Gasteiger partial charge in [0.2, 0.25) is 5.91 Å². The van der Waals surface area contributed by atoms with Gasteiger partial charge in [-0.1, -0.05) is 0 Å². The number of hydrogen-bond donors (Lipinski definition) is 2. The first-order valence-corrected chi connectivity index (χ1v) is 6.23. The first-order valence-electron chi connectivity index (χ1n) is 6.23. The van der Waals surface area contributed by atoms with Crippen LogP contribution >= 0.6 is 0 Å². The number of rotatable bonds is 6. The number of hydrogen-bond acceptors (Lipinski definition) is 5. The molecule has 2 N–H and O–H groups in total. The summed E-state index contributed by atoms with van der Waals surface area (Å²) in [7, 11) is 1.33. The summed E-state index contributed by atoms with van der Waals surface area (Å²) in [6, 6.07) is 3.69. The van der Waals surface area contributed by atoms with Crippen LogP contribution in [0, 0.1) is 0 Å². The largest absolute Gasteiger partial charge is 0.465 e. The second-order valence-electron chi connectivity index (χ2n) is 4.43. The molecule has 1 heterocycles. The smallest absolute Gasteiger partial charge is 0.339 e. The molecule has 0 radical (unpaired) electrons. The van der Waals surface area contributed by atoms with Gasteiger partial charge in [-0.2, -0.15) is 0 Å². The van der Waals surface area contributed by atoms with Crippen molar-refractivity contribution in [2.45, 2.75) is 25.4 Å². The Bertz CT molecular complexity index is 472. The van der Waals surface area contributed by atoms with Crippen molar-refractivity contribution in [3.63, 3.8) is 0 Å². The molecule has 0 bridgehead atoms. The van der Waals surface area contributed by atoms with Crippen molar-refractivity contribution in [2.24, 2.45) is 0 Å². The number of aromatic nitrogens is 1. The van der Waals surface area contributed by atoms with E-state index in [1.165, 1.54) is 7.11 Å². The van der Waals surface area contributed by atoms with Gasteiger partial charge in [-0.3, -0.25) is 9.78 Å². The van der Waals surface area contributed by atoms with Crippen LogP contribution in [0.5, 0.6) is 0 Å². The molecule has 0 aliphatic heterocycles. The highest BCUT2D eigenvalue weighted by atomic mass is 16.5. The van der Waals surface area contributed by atoms with E-state index in [0.717, 1.165) is 12.8 Å². The number of nitrogens with one attached hydrogen (secondary N) is 2. The molecule has 1 saturated carbocycles. The number of nitrogens with zero attached hydrogens (tertiary/aromatic N) is 1. The number of ether oxygens (including phenoxy) is 1. The van der Waals surface area contributed by atoms with Gasteiger partial charge in [0.1, 0.15) is 0 Å². The molecule has 19 heavy (non-hydrogen) atoms. The van der Waals surface area contributed by atoms with Gasteiger partial charge in [0, 0.05) is 18.8 Å². The third kappa shape index (κ3) is 4.03. The molecular weight excluding hydrogens is 246 g/mol. The van der Waals surface area contributed by atoms with Crippen LogP contribution in [0.15, 0.2) is 18.3 Å². The van der Waals surface area contributed by atoms with Crippen molar-refractivity contribution in [3.05, 3.63) is 29.6 Å². The zero-order valence-electron chi connectivity index (χ0n) is 10.8. The maximum Gasteiger partial charge on any atom is 0.339 e. The minimum Gasteiger partial charge on any atom is -0.465 e. The topological polar surface area (TPSA) is 80.3 Å². The number of esters is 1. The van der Waals surface area contributed by atoms with Gasteiger partial charge in [0.15, 0.2) is 0 Å². The predicted octanol–water partition coefficient (Wildman–Crippen LogP) is 0.236. The van der Waals surface area contributed by atoms with Crippen molar-refractivity contribution in [3.8, 4) is 0 Å². The van der Waals surface area contributed by atoms with Crippen molar-refractivity contribution in [1.29, 1.82) is 0 Å². The molecule has 0 aromatic carbocycles. The van der Waals surface area contributed by atoms with Gasteiger partial charge in [0.05, 0.1) is 24.9 Å². The van der Waals surface area contributed by atoms with Crippen molar-refractivity contribution in [2.75, 3.05) is 13.7 Å². The Kier molecular flexibility index (Phi) is 4.46. The van der Waals surface area contributed by atoms with Crippen molar-refractivity contribution < 1.29 is 14.3 Å². The minimum atomic E-state index is -0.424. The molecule has 6 heteroatoms. The van der Waals surface area contributed by atoms with Gasteiger partial charge in [-0.05, 0) is 25.0 Å². The molecule has 0 unspecified atom stereocenters. The summed E-state index contributed by atoms with van der Waals surface area (Å²) in [4.78, 5) is 27.1. The second-order valence-corrected chi connectivity index (χ2v) is 4.43. The molecule has 1 fully saturated rings. The lowest BCUT2D eigenvalue weighted by Gasteiger charge is -2.08. The summed E-state index contributed by atoms with van der Waals surface area (Å²) in [6.45, 7) is 0.567. The number of methoxy groups -OCH3 is 1. The van der Waals surface area contributed by atoms with Gasteiger partial charge < -0.3 is 15.4 Å². The Morgan fingerprint density at radius 1 is 1.47 bits per heavy atom. The van der Waals surface area contributed by atoms with Crippen LogP contribution in [0.3, 0.4) is 0 Å². The average molecular weight is 263 g/mol. The lowest BCUT2D eigenvalue weighted by Crippen LogP contribution is -2.35. The number of pyridine rings is 1. The fourth-order valence-electron chi connectivity index (χ4n) is 1.68. The van der Waals surface area contributed by atoms with Crippen LogP contribution in [0.25, 0.3) is 0 Å². The highest BCUT2D eigenvalue weighted by Gasteiger charge is 2.22. The number of carbonyl (C=O) groups excluding carboxylic acids is 2. The molecule has 6 nitrogen and oxygen atoms in total. The van der Waals surface area contributed by atoms with Crippen molar-refractivity contribution >= 4 is 11.9 Å². The third-order valence-electron chi connectivity index (χ3n) is 2.82. The average Bonchev–Trinajstić information content (AvgIpc) is 3.22. The second kappa shape index (κ2) is 6.29. The van der Waals surface area contributed by atoms with E-state index in [4.69, 9.17) is 0 Å². The number of carbonyl (C=O) groups is 2. The molecule has 1 aliphatic rings. The molecule has 1 aromatic rings. The van der Waals surface area contributed by atoms with Crippen LogP contribution < -0.4 is 10.6 Å². The fraction of sp³-hybridized carbons (Fsp3) is 0.462. The minimum absolute atomic E-state index is 0.0296. The molecule has 1 aliphatic carbocycles. The lowest BCUT2D eigenvalue weighted by atomic mass is 10.2. The summed E-state index contributed by atoms with van der Waals surface area (Å²) < 4.78 is 4.68. The Morgan fingerprint density at radius 3 is 2.95 bits per heavy atom. The van der Waals surface area contributed by atoms with E-state index in [9.17, 15) is 9.59 Å². The normalized spacial score (nSPS) is 13.9. The molecule has 0 atom stereocenters. The maximum absolute atomic E-state index is 11.5. The Labute approximate surface area is 111 Å². The van der Waals surface area contributed by atoms with Crippen LogP contribution in [-0.2, 0) is 16.1 Å². The van der Waals surface area contributed by atoms with Crippen LogP contribution in [0.1, 0.15) is 28.9 Å². The third-order valence-corrected chi connectivity index (χ3v) is 2.82. The van der Waals surface area contributed by atoms with E-state index in [1.54, 1.807) is 18.3 Å². The number of amides is 1. The van der Waals surface area contributed by atoms with Crippen LogP contribution in [0.2, 0.25) is 0 Å². The van der Waals surface area contributed by atoms with E-state index in [1.807, 2.05) is 0 Å². The molecule has 2 rings (SSSR count). The summed E-state index contributed by atoms with van der Waals surface area (Å²) in [5, 5.41) is 5.85. The zero-order chi connectivity index (χ0) is 13.7. The van der Waals surface area contributed by atoms with Gasteiger partial charge >= 0.3 is 5.97 Å². The Morgan fingerprint density at radius 2 is 2.26 bits per heavy atom. The van der Waals surface area contributed by atoms with Crippen LogP contribution in [0.4, 0.5) is 0 Å². The van der Waals surface area contributed by atoms with E-state index in [2.05, 4.69) is 20.4 Å². The predicted molar refractivity (Wildman–Crippen MR) is 68.4 cm³/mol. The quantitative estimate of drug-likeness (QED) is 0.718. The lowest BCUT2D eigenvalue weighted by molar-refractivity contribution is -0.120. The highest BCUT2D eigenvalue weighted by Crippen LogP contribution is 2.18. The highest BCUT2D eigenvalue weighted by molar-refractivity contribution is 5.90. The van der Waals surface area contributed by atoms with Gasteiger partial charge in [-0.15, -0.1) is 0 Å². The van der Waals surface area contributed by atoms with Crippen molar-refractivity contribution in [1.82, 2.24) is 15.6 Å². The van der Waals surface area contributed by atoms with E-state index in [0.29, 0.717) is 23.8 Å². The standard InChI is InChI=1S/C13H17N3O3/c1-19-13(18)10-3-2-6-15-11(10)7-14-8-12(17)16-9-4-5-9/h2-3,6,9,14H,4-5,7-8H2,1H3,(H,16,17). The summed E-state index contributed by atoms with van der Waals surface area (Å²) >= 11 is 0. The molecule has 1 amide bonds. The van der Waals surface area contributed by atoms with Crippen LogP contribution in [-0.4, -0.2) is 36.6 Å². The van der Waals surface area contributed by atoms with E-state index in [-0.39, 0.29) is 12.5 Å². The Balaban J connectivity index is 1.84. The molecule has 102 valence electrons. The molecular formula is C13H17N3O3.